The number of rotatable bonds is 6. The van der Waals surface area contributed by atoms with Crippen molar-refractivity contribution in [1.29, 1.82) is 0 Å². The molecule has 2 aromatic carbocycles. The van der Waals surface area contributed by atoms with Gasteiger partial charge in [-0.15, -0.1) is 0 Å². The lowest BCUT2D eigenvalue weighted by Crippen LogP contribution is -2.38. The minimum absolute atomic E-state index is 0.336. The van der Waals surface area contributed by atoms with E-state index < -0.39 is 6.10 Å². The first-order valence-electron chi connectivity index (χ1n) is 8.69. The Morgan fingerprint density at radius 3 is 2.33 bits per heavy atom. The van der Waals surface area contributed by atoms with Gasteiger partial charge in [0.25, 0.3) is 0 Å². The maximum absolute atomic E-state index is 10.3. The Hall–Kier alpha value is -2.04. The number of hydrogen-bond acceptors (Lipinski definition) is 4. The van der Waals surface area contributed by atoms with Gasteiger partial charge in [0.2, 0.25) is 0 Å². The number of β-amino-alcohol motifs (C(OH)–C–C–N with tert-alkyl or cyclic N) is 1. The van der Waals surface area contributed by atoms with Crippen LogP contribution in [0.5, 0.6) is 5.75 Å². The molecule has 0 aliphatic carbocycles. The second-order valence-electron chi connectivity index (χ2n) is 6.25. The molecule has 1 atom stereocenters. The Labute approximate surface area is 144 Å². The first kappa shape index (κ1) is 16.8. The minimum Gasteiger partial charge on any atom is -0.491 e. The van der Waals surface area contributed by atoms with E-state index in [9.17, 15) is 5.11 Å². The van der Waals surface area contributed by atoms with Gasteiger partial charge < -0.3 is 14.7 Å². The van der Waals surface area contributed by atoms with Crippen LogP contribution in [0.4, 0.5) is 5.69 Å². The molecule has 1 saturated heterocycles. The van der Waals surface area contributed by atoms with Crippen molar-refractivity contribution in [3.05, 3.63) is 60.7 Å². The van der Waals surface area contributed by atoms with Gasteiger partial charge in [-0.05, 0) is 37.2 Å². The fraction of sp³-hybridized carbons (Fsp3) is 0.400. The topological polar surface area (TPSA) is 35.9 Å². The first-order chi connectivity index (χ1) is 11.8. The van der Waals surface area contributed by atoms with E-state index in [2.05, 4.69) is 40.1 Å². The van der Waals surface area contributed by atoms with Gasteiger partial charge in [0.1, 0.15) is 18.5 Å². The predicted molar refractivity (Wildman–Crippen MR) is 97.7 cm³/mol. The van der Waals surface area contributed by atoms with Crippen molar-refractivity contribution in [3.8, 4) is 5.75 Å². The van der Waals surface area contributed by atoms with Gasteiger partial charge in [-0.2, -0.15) is 0 Å². The summed E-state index contributed by atoms with van der Waals surface area (Å²) in [6.45, 7) is 5.05. The number of para-hydroxylation sites is 2. The van der Waals surface area contributed by atoms with Crippen LogP contribution in [0.3, 0.4) is 0 Å². The third kappa shape index (κ3) is 4.98. The molecule has 0 aromatic heterocycles. The molecule has 1 aliphatic heterocycles. The molecule has 0 radical (unpaired) electrons. The van der Waals surface area contributed by atoms with Crippen molar-refractivity contribution in [2.24, 2.45) is 0 Å². The Bertz CT molecular complexity index is 591. The smallest absolute Gasteiger partial charge is 0.119 e. The maximum atomic E-state index is 10.3. The van der Waals surface area contributed by atoms with Crippen molar-refractivity contribution in [3.63, 3.8) is 0 Å². The molecule has 3 rings (SSSR count). The van der Waals surface area contributed by atoms with Crippen LogP contribution in [0, 0.1) is 0 Å². The zero-order valence-electron chi connectivity index (χ0n) is 14.1. The highest BCUT2D eigenvalue weighted by Crippen LogP contribution is 2.16. The lowest BCUT2D eigenvalue weighted by molar-refractivity contribution is 0.0705. The van der Waals surface area contributed by atoms with Crippen LogP contribution in [0.1, 0.15) is 6.42 Å². The summed E-state index contributed by atoms with van der Waals surface area (Å²) in [5, 5.41) is 10.3. The average molecular weight is 326 g/mol. The summed E-state index contributed by atoms with van der Waals surface area (Å²) < 4.78 is 5.64. The molecule has 0 bridgehead atoms. The molecule has 128 valence electrons. The van der Waals surface area contributed by atoms with E-state index in [1.807, 2.05) is 30.3 Å². The van der Waals surface area contributed by atoms with Gasteiger partial charge >= 0.3 is 0 Å². The van der Waals surface area contributed by atoms with Crippen LogP contribution in [-0.2, 0) is 0 Å². The standard InChI is InChI=1S/C20H26N2O2/c23-19(17-24-20-10-5-2-6-11-20)16-21-12-7-13-22(15-14-21)18-8-3-1-4-9-18/h1-6,8-11,19,23H,7,12-17H2/t19-/m0/s1. The second-order valence-corrected chi connectivity index (χ2v) is 6.25. The van der Waals surface area contributed by atoms with Crippen LogP contribution in [-0.4, -0.2) is 55.4 Å². The SMILES string of the molecule is O[C@H](COc1ccccc1)CN1CCCN(c2ccccc2)CC1. The molecule has 0 amide bonds. The fourth-order valence-corrected chi connectivity index (χ4v) is 3.11. The molecule has 4 heteroatoms. The van der Waals surface area contributed by atoms with Gasteiger partial charge in [-0.3, -0.25) is 4.90 Å². The van der Waals surface area contributed by atoms with Crippen LogP contribution >= 0.6 is 0 Å². The molecule has 1 fully saturated rings. The summed E-state index contributed by atoms with van der Waals surface area (Å²) in [6, 6.07) is 20.2. The lowest BCUT2D eigenvalue weighted by atomic mass is 10.3. The molecular weight excluding hydrogens is 300 g/mol. The zero-order chi connectivity index (χ0) is 16.6. The summed E-state index contributed by atoms with van der Waals surface area (Å²) in [5.41, 5.74) is 1.28. The van der Waals surface area contributed by atoms with Gasteiger partial charge in [0.15, 0.2) is 0 Å². The quantitative estimate of drug-likeness (QED) is 0.885. The average Bonchev–Trinajstić information content (AvgIpc) is 2.87. The molecule has 2 aromatic rings. The van der Waals surface area contributed by atoms with Crippen LogP contribution < -0.4 is 9.64 Å². The molecule has 0 saturated carbocycles. The fourth-order valence-electron chi connectivity index (χ4n) is 3.11. The van der Waals surface area contributed by atoms with Crippen molar-refractivity contribution in [2.45, 2.75) is 12.5 Å². The van der Waals surface area contributed by atoms with Gasteiger partial charge in [-0.1, -0.05) is 36.4 Å². The van der Waals surface area contributed by atoms with E-state index in [4.69, 9.17) is 4.74 Å². The molecular formula is C20H26N2O2. The Balaban J connectivity index is 1.44. The monoisotopic (exact) mass is 326 g/mol. The highest BCUT2D eigenvalue weighted by molar-refractivity contribution is 5.46. The predicted octanol–water partition coefficient (Wildman–Crippen LogP) is 2.64. The first-order valence-corrected chi connectivity index (χ1v) is 8.69. The lowest BCUT2D eigenvalue weighted by Gasteiger charge is -2.25. The molecule has 24 heavy (non-hydrogen) atoms. The van der Waals surface area contributed by atoms with E-state index in [-0.39, 0.29) is 0 Å². The molecule has 1 aliphatic rings. The van der Waals surface area contributed by atoms with Crippen molar-refractivity contribution in [2.75, 3.05) is 44.2 Å². The van der Waals surface area contributed by atoms with Crippen molar-refractivity contribution >= 4 is 5.69 Å². The normalized spacial score (nSPS) is 17.3. The molecule has 0 spiro atoms. The van der Waals surface area contributed by atoms with Crippen molar-refractivity contribution in [1.82, 2.24) is 4.90 Å². The van der Waals surface area contributed by atoms with E-state index >= 15 is 0 Å². The number of ether oxygens (including phenoxy) is 1. The van der Waals surface area contributed by atoms with Crippen LogP contribution in [0.25, 0.3) is 0 Å². The number of nitrogens with zero attached hydrogens (tertiary/aromatic N) is 2. The van der Waals surface area contributed by atoms with Gasteiger partial charge in [0, 0.05) is 31.9 Å². The minimum atomic E-state index is -0.464. The Kier molecular flexibility index (Phi) is 6.10. The van der Waals surface area contributed by atoms with E-state index in [1.165, 1.54) is 5.69 Å². The van der Waals surface area contributed by atoms with E-state index in [0.29, 0.717) is 13.2 Å². The summed E-state index contributed by atoms with van der Waals surface area (Å²) in [7, 11) is 0. The van der Waals surface area contributed by atoms with Gasteiger partial charge in [-0.25, -0.2) is 0 Å². The number of benzene rings is 2. The van der Waals surface area contributed by atoms with Crippen LogP contribution in [0.15, 0.2) is 60.7 Å². The zero-order valence-corrected chi connectivity index (χ0v) is 14.1. The number of anilines is 1. The third-order valence-corrected chi connectivity index (χ3v) is 4.36. The summed E-state index contributed by atoms with van der Waals surface area (Å²) >= 11 is 0. The summed E-state index contributed by atoms with van der Waals surface area (Å²) in [5.74, 6) is 0.808. The number of hydrogen-bond donors (Lipinski definition) is 1. The Morgan fingerprint density at radius 2 is 1.58 bits per heavy atom. The maximum Gasteiger partial charge on any atom is 0.119 e. The van der Waals surface area contributed by atoms with Crippen molar-refractivity contribution < 1.29 is 9.84 Å². The van der Waals surface area contributed by atoms with E-state index in [1.54, 1.807) is 0 Å². The molecule has 0 unspecified atom stereocenters. The highest BCUT2D eigenvalue weighted by Gasteiger charge is 2.18. The van der Waals surface area contributed by atoms with Crippen LogP contribution in [0.2, 0.25) is 0 Å². The highest BCUT2D eigenvalue weighted by atomic mass is 16.5. The Morgan fingerprint density at radius 1 is 0.875 bits per heavy atom. The number of aliphatic hydroxyl groups is 1. The molecule has 1 N–H and O–H groups in total. The summed E-state index contributed by atoms with van der Waals surface area (Å²) in [4.78, 5) is 4.76. The molecule has 1 heterocycles. The molecule has 4 nitrogen and oxygen atoms in total. The van der Waals surface area contributed by atoms with E-state index in [0.717, 1.165) is 38.3 Å². The summed E-state index contributed by atoms with van der Waals surface area (Å²) in [6.07, 6.45) is 0.648. The largest absolute Gasteiger partial charge is 0.491 e. The third-order valence-electron chi connectivity index (χ3n) is 4.36. The second kappa shape index (κ2) is 8.71. The van der Waals surface area contributed by atoms with Gasteiger partial charge in [0.05, 0.1) is 0 Å². The number of aliphatic hydroxyl groups excluding tert-OH is 1.